The van der Waals surface area contributed by atoms with Crippen molar-refractivity contribution in [1.82, 2.24) is 9.97 Å². The summed E-state index contributed by atoms with van der Waals surface area (Å²) in [5, 5.41) is 9.30. The molecule has 1 heterocycles. The molecule has 1 aromatic carbocycles. The molecule has 0 aliphatic heterocycles. The van der Waals surface area contributed by atoms with Crippen LogP contribution in [0.15, 0.2) is 17.3 Å². The molecule has 6 heteroatoms. The molecule has 0 radical (unpaired) electrons. The highest BCUT2D eigenvalue weighted by molar-refractivity contribution is 7.99. The zero-order valence-corrected chi connectivity index (χ0v) is 10.6. The van der Waals surface area contributed by atoms with Crippen molar-refractivity contribution in [3.63, 3.8) is 0 Å². The largest absolute Gasteiger partial charge is 0.396 e. The van der Waals surface area contributed by atoms with Gasteiger partial charge in [0.1, 0.15) is 0 Å². The minimum atomic E-state index is -0.881. The first-order valence-corrected chi connectivity index (χ1v) is 6.77. The van der Waals surface area contributed by atoms with Crippen LogP contribution in [-0.2, 0) is 0 Å². The van der Waals surface area contributed by atoms with Gasteiger partial charge in [-0.15, -0.1) is 0 Å². The number of thioether (sulfide) groups is 1. The molecule has 2 aromatic rings. The third-order valence-electron chi connectivity index (χ3n) is 2.54. The Balaban J connectivity index is 1.97. The van der Waals surface area contributed by atoms with Crippen molar-refractivity contribution in [2.45, 2.75) is 24.4 Å². The van der Waals surface area contributed by atoms with Crippen LogP contribution in [0.5, 0.6) is 0 Å². The Labute approximate surface area is 108 Å². The lowest BCUT2D eigenvalue weighted by molar-refractivity contribution is 0.284. The summed E-state index contributed by atoms with van der Waals surface area (Å²) in [4.78, 5) is 7.13. The maximum Gasteiger partial charge on any atom is 0.166 e. The zero-order valence-electron chi connectivity index (χ0n) is 9.75. The Hall–Kier alpha value is -1.14. The van der Waals surface area contributed by atoms with Crippen LogP contribution < -0.4 is 0 Å². The van der Waals surface area contributed by atoms with Crippen molar-refractivity contribution in [3.05, 3.63) is 23.8 Å². The molecule has 2 rings (SSSR count). The molecule has 0 aliphatic rings. The minimum Gasteiger partial charge on any atom is -0.396 e. The summed E-state index contributed by atoms with van der Waals surface area (Å²) in [6.45, 7) is 0.216. The number of aliphatic hydroxyl groups is 1. The Morgan fingerprint density at radius 3 is 2.72 bits per heavy atom. The number of benzene rings is 1. The molecule has 98 valence electrons. The van der Waals surface area contributed by atoms with E-state index in [1.54, 1.807) is 0 Å². The van der Waals surface area contributed by atoms with E-state index < -0.39 is 11.6 Å². The van der Waals surface area contributed by atoms with Gasteiger partial charge in [0.25, 0.3) is 0 Å². The fourth-order valence-corrected chi connectivity index (χ4v) is 2.50. The average molecular weight is 272 g/mol. The maximum absolute atomic E-state index is 13.0. The molecule has 0 spiro atoms. The molecule has 0 fully saturated rings. The van der Waals surface area contributed by atoms with Gasteiger partial charge in [-0.2, -0.15) is 0 Å². The maximum atomic E-state index is 13.0. The Bertz CT molecular complexity index is 491. The van der Waals surface area contributed by atoms with Crippen molar-refractivity contribution in [1.29, 1.82) is 0 Å². The van der Waals surface area contributed by atoms with E-state index in [2.05, 4.69) is 9.97 Å². The number of aromatic amines is 1. The number of aromatic nitrogens is 2. The fourth-order valence-electron chi connectivity index (χ4n) is 1.61. The SMILES string of the molecule is OCCCCCSc1nc2cc(F)c(F)cc2[nH]1. The van der Waals surface area contributed by atoms with Crippen LogP contribution in [0.3, 0.4) is 0 Å². The standard InChI is InChI=1S/C12H14F2N2OS/c13-8-6-10-11(7-9(8)14)16-12(15-10)18-5-3-1-2-4-17/h6-7,17H,1-5H2,(H,15,16). The summed E-state index contributed by atoms with van der Waals surface area (Å²) < 4.78 is 26.0. The van der Waals surface area contributed by atoms with Gasteiger partial charge in [0.05, 0.1) is 11.0 Å². The van der Waals surface area contributed by atoms with Crippen LogP contribution in [0, 0.1) is 11.6 Å². The second-order valence-electron chi connectivity index (χ2n) is 3.96. The topological polar surface area (TPSA) is 48.9 Å². The molecule has 0 atom stereocenters. The first-order chi connectivity index (χ1) is 8.70. The number of nitrogens with one attached hydrogen (secondary N) is 1. The van der Waals surface area contributed by atoms with E-state index in [-0.39, 0.29) is 6.61 Å². The van der Waals surface area contributed by atoms with E-state index in [0.717, 1.165) is 37.1 Å². The highest BCUT2D eigenvalue weighted by Gasteiger charge is 2.08. The molecular weight excluding hydrogens is 258 g/mol. The highest BCUT2D eigenvalue weighted by atomic mass is 32.2. The number of halogens is 2. The quantitative estimate of drug-likeness (QED) is 0.627. The molecule has 0 unspecified atom stereocenters. The molecule has 0 saturated heterocycles. The van der Waals surface area contributed by atoms with Crippen molar-refractivity contribution >= 4 is 22.8 Å². The first kappa shape index (κ1) is 13.3. The minimum absolute atomic E-state index is 0.216. The summed E-state index contributed by atoms with van der Waals surface area (Å²) in [6.07, 6.45) is 2.75. The number of aliphatic hydroxyl groups excluding tert-OH is 1. The molecule has 1 aromatic heterocycles. The predicted molar refractivity (Wildman–Crippen MR) is 67.7 cm³/mol. The second-order valence-corrected chi connectivity index (χ2v) is 5.04. The van der Waals surface area contributed by atoms with Gasteiger partial charge in [-0.1, -0.05) is 18.2 Å². The van der Waals surface area contributed by atoms with Gasteiger partial charge < -0.3 is 10.1 Å². The third-order valence-corrected chi connectivity index (χ3v) is 3.50. The smallest absolute Gasteiger partial charge is 0.166 e. The number of hydrogen-bond acceptors (Lipinski definition) is 3. The number of H-pyrrole nitrogens is 1. The summed E-state index contributed by atoms with van der Waals surface area (Å²) in [6, 6.07) is 2.21. The van der Waals surface area contributed by atoms with Crippen molar-refractivity contribution in [2.24, 2.45) is 0 Å². The van der Waals surface area contributed by atoms with E-state index in [4.69, 9.17) is 5.11 Å². The number of imidazole rings is 1. The van der Waals surface area contributed by atoms with E-state index >= 15 is 0 Å². The van der Waals surface area contributed by atoms with Gasteiger partial charge in [-0.05, 0) is 12.8 Å². The van der Waals surface area contributed by atoms with Crippen molar-refractivity contribution < 1.29 is 13.9 Å². The van der Waals surface area contributed by atoms with Crippen LogP contribution in [0.1, 0.15) is 19.3 Å². The van der Waals surface area contributed by atoms with Crippen molar-refractivity contribution in [2.75, 3.05) is 12.4 Å². The lowest BCUT2D eigenvalue weighted by Crippen LogP contribution is -1.85. The molecule has 18 heavy (non-hydrogen) atoms. The van der Waals surface area contributed by atoms with E-state index in [0.29, 0.717) is 16.2 Å². The number of nitrogens with zero attached hydrogens (tertiary/aromatic N) is 1. The Morgan fingerprint density at radius 1 is 1.17 bits per heavy atom. The first-order valence-electron chi connectivity index (χ1n) is 5.79. The molecule has 0 aliphatic carbocycles. The van der Waals surface area contributed by atoms with Gasteiger partial charge in [-0.25, -0.2) is 13.8 Å². The molecule has 0 saturated carbocycles. The monoisotopic (exact) mass is 272 g/mol. The summed E-state index contributed by atoms with van der Waals surface area (Å²) >= 11 is 1.52. The summed E-state index contributed by atoms with van der Waals surface area (Å²) in [5.41, 5.74) is 0.943. The highest BCUT2D eigenvalue weighted by Crippen LogP contribution is 2.22. The third kappa shape index (κ3) is 3.20. The van der Waals surface area contributed by atoms with Crippen LogP contribution in [0.25, 0.3) is 11.0 Å². The fraction of sp³-hybridized carbons (Fsp3) is 0.417. The van der Waals surface area contributed by atoms with Gasteiger partial charge in [0, 0.05) is 24.5 Å². The van der Waals surface area contributed by atoms with Crippen LogP contribution in [-0.4, -0.2) is 27.4 Å². The lowest BCUT2D eigenvalue weighted by atomic mass is 10.3. The molecule has 3 nitrogen and oxygen atoms in total. The number of hydrogen-bond donors (Lipinski definition) is 2. The van der Waals surface area contributed by atoms with E-state index in [1.165, 1.54) is 11.8 Å². The average Bonchev–Trinajstić information content (AvgIpc) is 2.71. The number of unbranched alkanes of at least 4 members (excludes halogenated alkanes) is 2. The van der Waals surface area contributed by atoms with Gasteiger partial charge in [0.2, 0.25) is 0 Å². The second kappa shape index (κ2) is 6.15. The van der Waals surface area contributed by atoms with Crippen LogP contribution in [0.2, 0.25) is 0 Å². The van der Waals surface area contributed by atoms with Crippen LogP contribution >= 0.6 is 11.8 Å². The molecule has 0 amide bonds. The number of rotatable bonds is 6. The number of fused-ring (bicyclic) bond motifs is 1. The molecule has 2 N–H and O–H groups in total. The molecule has 0 bridgehead atoms. The van der Waals surface area contributed by atoms with Crippen LogP contribution in [0.4, 0.5) is 8.78 Å². The summed E-state index contributed by atoms with van der Waals surface area (Å²) in [7, 11) is 0. The zero-order chi connectivity index (χ0) is 13.0. The van der Waals surface area contributed by atoms with E-state index in [9.17, 15) is 8.78 Å². The summed E-state index contributed by atoms with van der Waals surface area (Å²) in [5.74, 6) is -0.885. The van der Waals surface area contributed by atoms with Gasteiger partial charge in [0.15, 0.2) is 16.8 Å². The van der Waals surface area contributed by atoms with Gasteiger partial charge in [-0.3, -0.25) is 0 Å². The van der Waals surface area contributed by atoms with Gasteiger partial charge >= 0.3 is 0 Å². The van der Waals surface area contributed by atoms with Crippen molar-refractivity contribution in [3.8, 4) is 0 Å². The predicted octanol–water partition coefficient (Wildman–Crippen LogP) is 3.10. The van der Waals surface area contributed by atoms with E-state index in [1.807, 2.05) is 0 Å². The Kier molecular flexibility index (Phi) is 4.54. The Morgan fingerprint density at radius 2 is 1.94 bits per heavy atom. The normalized spacial score (nSPS) is 11.3. The lowest BCUT2D eigenvalue weighted by Gasteiger charge is -1.96. The molecular formula is C12H14F2N2OS.